The van der Waals surface area contributed by atoms with Crippen LogP contribution in [0, 0.1) is 0 Å². The van der Waals surface area contributed by atoms with E-state index in [9.17, 15) is 19.5 Å². The predicted octanol–water partition coefficient (Wildman–Crippen LogP) is 1.45. The Morgan fingerprint density at radius 1 is 0.921 bits per heavy atom. The number of ether oxygens (including phenoxy) is 1. The SMILES string of the molecule is O=C(CCO)Nc1nnc(CCSCCc2nnc(NC(=O)C(CO)NC(=O)OCc3ccccc3)s2)s1. The molecule has 0 radical (unpaired) electrons. The molecular formula is C22H27N7O6S3. The van der Waals surface area contributed by atoms with Crippen molar-refractivity contribution in [2.45, 2.75) is 31.9 Å². The number of carbonyl (C=O) groups excluding carboxylic acids is 3. The number of carbonyl (C=O) groups is 3. The van der Waals surface area contributed by atoms with Crippen LogP contribution in [0.4, 0.5) is 15.1 Å². The molecule has 5 N–H and O–H groups in total. The summed E-state index contributed by atoms with van der Waals surface area (Å²) in [7, 11) is 0. The summed E-state index contributed by atoms with van der Waals surface area (Å²) in [5, 5.41) is 43.9. The van der Waals surface area contributed by atoms with Crippen LogP contribution in [0.5, 0.6) is 0 Å². The minimum absolute atomic E-state index is 0.0184. The molecule has 2 heterocycles. The van der Waals surface area contributed by atoms with Crippen molar-refractivity contribution < 1.29 is 29.3 Å². The maximum Gasteiger partial charge on any atom is 0.408 e. The molecule has 0 aliphatic heterocycles. The molecule has 0 aliphatic rings. The first-order valence-electron chi connectivity index (χ1n) is 11.5. The summed E-state index contributed by atoms with van der Waals surface area (Å²) in [6.07, 6.45) is 0.530. The summed E-state index contributed by atoms with van der Waals surface area (Å²) in [6.45, 7) is -0.793. The Morgan fingerprint density at radius 2 is 1.55 bits per heavy atom. The van der Waals surface area contributed by atoms with Gasteiger partial charge in [0.1, 0.15) is 22.7 Å². The zero-order valence-electron chi connectivity index (χ0n) is 20.2. The summed E-state index contributed by atoms with van der Waals surface area (Å²) in [4.78, 5) is 35.9. The number of aromatic nitrogens is 4. The molecule has 16 heteroatoms. The van der Waals surface area contributed by atoms with Crippen LogP contribution >= 0.6 is 34.4 Å². The van der Waals surface area contributed by atoms with Crippen molar-refractivity contribution >= 4 is 62.6 Å². The van der Waals surface area contributed by atoms with Crippen LogP contribution in [0.15, 0.2) is 30.3 Å². The average molecular weight is 582 g/mol. The van der Waals surface area contributed by atoms with E-state index in [4.69, 9.17) is 9.84 Å². The van der Waals surface area contributed by atoms with Gasteiger partial charge in [0.05, 0.1) is 19.6 Å². The highest BCUT2D eigenvalue weighted by Gasteiger charge is 2.22. The third kappa shape index (κ3) is 10.3. The van der Waals surface area contributed by atoms with Crippen molar-refractivity contribution in [2.24, 2.45) is 0 Å². The van der Waals surface area contributed by atoms with E-state index in [1.54, 1.807) is 23.9 Å². The highest BCUT2D eigenvalue weighted by Crippen LogP contribution is 2.20. The van der Waals surface area contributed by atoms with Crippen LogP contribution in [-0.4, -0.2) is 79.3 Å². The lowest BCUT2D eigenvalue weighted by atomic mass is 10.2. The van der Waals surface area contributed by atoms with Gasteiger partial charge in [-0.1, -0.05) is 53.0 Å². The van der Waals surface area contributed by atoms with E-state index in [1.165, 1.54) is 22.7 Å². The molecule has 0 spiro atoms. The molecule has 13 nitrogen and oxygen atoms in total. The fourth-order valence-electron chi connectivity index (χ4n) is 2.81. The molecule has 0 saturated heterocycles. The van der Waals surface area contributed by atoms with E-state index >= 15 is 0 Å². The third-order valence-corrected chi connectivity index (χ3v) is 7.46. The summed E-state index contributed by atoms with van der Waals surface area (Å²) in [5.74, 6) is 0.633. The van der Waals surface area contributed by atoms with Gasteiger partial charge in [0.2, 0.25) is 16.2 Å². The van der Waals surface area contributed by atoms with E-state index in [0.29, 0.717) is 18.0 Å². The van der Waals surface area contributed by atoms with Gasteiger partial charge in [0.25, 0.3) is 5.91 Å². The summed E-state index contributed by atoms with van der Waals surface area (Å²) >= 11 is 4.20. The summed E-state index contributed by atoms with van der Waals surface area (Å²) in [6, 6.07) is 7.87. The fourth-order valence-corrected chi connectivity index (χ4v) is 5.44. The minimum Gasteiger partial charge on any atom is -0.445 e. The molecule has 0 fully saturated rings. The van der Waals surface area contributed by atoms with Crippen LogP contribution in [-0.2, 0) is 33.8 Å². The maximum atomic E-state index is 12.4. The van der Waals surface area contributed by atoms with Gasteiger partial charge in [0.15, 0.2) is 0 Å². The molecule has 1 atom stereocenters. The van der Waals surface area contributed by atoms with Gasteiger partial charge in [-0.25, -0.2) is 4.79 Å². The number of thioether (sulfide) groups is 1. The van der Waals surface area contributed by atoms with Crippen LogP contribution in [0.1, 0.15) is 22.0 Å². The van der Waals surface area contributed by atoms with Crippen molar-refractivity contribution in [1.82, 2.24) is 25.7 Å². The molecule has 0 saturated carbocycles. The second-order valence-electron chi connectivity index (χ2n) is 7.57. The number of aryl methyl sites for hydroxylation is 2. The molecular weight excluding hydrogens is 554 g/mol. The number of hydrogen-bond donors (Lipinski definition) is 5. The van der Waals surface area contributed by atoms with E-state index in [-0.39, 0.29) is 30.7 Å². The lowest BCUT2D eigenvalue weighted by Crippen LogP contribution is -2.46. The molecule has 3 aromatic rings. The molecule has 3 amide bonds. The Balaban J connectivity index is 1.33. The quantitative estimate of drug-likeness (QED) is 0.163. The van der Waals surface area contributed by atoms with Gasteiger partial charge in [-0.3, -0.25) is 14.9 Å². The highest BCUT2D eigenvalue weighted by atomic mass is 32.2. The monoisotopic (exact) mass is 581 g/mol. The van der Waals surface area contributed by atoms with Crippen molar-refractivity contribution in [3.05, 3.63) is 45.9 Å². The average Bonchev–Trinajstić information content (AvgIpc) is 3.55. The van der Waals surface area contributed by atoms with Gasteiger partial charge in [-0.05, 0) is 17.1 Å². The number of aliphatic hydroxyl groups excluding tert-OH is 2. The van der Waals surface area contributed by atoms with Gasteiger partial charge >= 0.3 is 6.09 Å². The highest BCUT2D eigenvalue weighted by molar-refractivity contribution is 7.99. The number of amides is 3. The number of nitrogens with one attached hydrogen (secondary N) is 3. The molecule has 1 aromatic carbocycles. The van der Waals surface area contributed by atoms with Gasteiger partial charge in [-0.2, -0.15) is 11.8 Å². The second-order valence-corrected chi connectivity index (χ2v) is 10.9. The van der Waals surface area contributed by atoms with Crippen LogP contribution < -0.4 is 16.0 Å². The Labute approximate surface area is 230 Å². The minimum atomic E-state index is -1.20. The van der Waals surface area contributed by atoms with E-state index < -0.39 is 24.6 Å². The number of rotatable bonds is 15. The van der Waals surface area contributed by atoms with Gasteiger partial charge < -0.3 is 25.6 Å². The first kappa shape index (κ1) is 29.4. The van der Waals surface area contributed by atoms with Crippen molar-refractivity contribution in [3.8, 4) is 0 Å². The predicted molar refractivity (Wildman–Crippen MR) is 144 cm³/mol. The number of anilines is 2. The van der Waals surface area contributed by atoms with Gasteiger partial charge in [-0.15, -0.1) is 20.4 Å². The number of benzene rings is 1. The van der Waals surface area contributed by atoms with E-state index in [2.05, 4.69) is 36.3 Å². The zero-order chi connectivity index (χ0) is 27.2. The van der Waals surface area contributed by atoms with Crippen LogP contribution in [0.2, 0.25) is 0 Å². The number of aliphatic hydroxyl groups is 2. The van der Waals surface area contributed by atoms with Crippen LogP contribution in [0.25, 0.3) is 0 Å². The smallest absolute Gasteiger partial charge is 0.408 e. The molecule has 0 bridgehead atoms. The lowest BCUT2D eigenvalue weighted by Gasteiger charge is -2.15. The zero-order valence-corrected chi connectivity index (χ0v) is 22.6. The molecule has 3 rings (SSSR count). The molecule has 1 unspecified atom stereocenters. The Morgan fingerprint density at radius 3 is 2.16 bits per heavy atom. The fraction of sp³-hybridized carbons (Fsp3) is 0.409. The molecule has 38 heavy (non-hydrogen) atoms. The topological polar surface area (TPSA) is 189 Å². The Kier molecular flexibility index (Phi) is 12.3. The first-order chi connectivity index (χ1) is 18.5. The number of hydrogen-bond acceptors (Lipinski definition) is 13. The van der Waals surface area contributed by atoms with E-state index in [1.807, 2.05) is 18.2 Å². The number of nitrogens with zero attached hydrogens (tertiary/aromatic N) is 4. The lowest BCUT2D eigenvalue weighted by molar-refractivity contribution is -0.119. The summed E-state index contributed by atoms with van der Waals surface area (Å²) in [5.41, 5.74) is 0.793. The molecule has 204 valence electrons. The van der Waals surface area contributed by atoms with Crippen LogP contribution in [0.3, 0.4) is 0 Å². The maximum absolute atomic E-state index is 12.4. The molecule has 0 aliphatic carbocycles. The Bertz CT molecular complexity index is 1180. The van der Waals surface area contributed by atoms with E-state index in [0.717, 1.165) is 27.1 Å². The molecule has 2 aromatic heterocycles. The number of alkyl carbamates (subject to hydrolysis) is 1. The second kappa shape index (κ2) is 15.9. The largest absolute Gasteiger partial charge is 0.445 e. The first-order valence-corrected chi connectivity index (χ1v) is 14.3. The van der Waals surface area contributed by atoms with Crippen molar-refractivity contribution in [3.63, 3.8) is 0 Å². The normalized spacial score (nSPS) is 11.5. The summed E-state index contributed by atoms with van der Waals surface area (Å²) < 4.78 is 5.08. The standard InChI is InChI=1S/C22H27N7O6S3/c30-9-6-16(32)24-20-28-26-17(37-20)7-10-36-11-8-18-27-29-21(38-18)25-19(33)15(12-31)23-22(34)35-13-14-4-2-1-3-5-14/h1-5,15,30-31H,6-13H2,(H,23,34)(H,24,28,32)(H,25,29,33). The van der Waals surface area contributed by atoms with Crippen molar-refractivity contribution in [2.75, 3.05) is 35.4 Å². The third-order valence-electron chi connectivity index (χ3n) is 4.67. The Hall–Kier alpha value is -3.18. The van der Waals surface area contributed by atoms with Gasteiger partial charge in [0, 0.05) is 12.8 Å². The van der Waals surface area contributed by atoms with Crippen molar-refractivity contribution in [1.29, 1.82) is 0 Å².